The van der Waals surface area contributed by atoms with Gasteiger partial charge in [-0.05, 0) is 60.0 Å². The zero-order valence-corrected chi connectivity index (χ0v) is 12.6. The first-order valence-corrected chi connectivity index (χ1v) is 6.77. The number of rotatable bonds is 2. The Labute approximate surface area is 120 Å². The number of aryl methyl sites for hydroxylation is 3. The third kappa shape index (κ3) is 2.61. The molecule has 0 spiro atoms. The lowest BCUT2D eigenvalue weighted by molar-refractivity contribution is 0.103. The minimum absolute atomic E-state index is 0.101. The molecule has 0 heterocycles. The van der Waals surface area contributed by atoms with Crippen molar-refractivity contribution in [1.29, 1.82) is 0 Å². The van der Waals surface area contributed by atoms with Crippen LogP contribution in [-0.4, -0.2) is 5.78 Å². The predicted molar refractivity (Wildman–Crippen MR) is 78.2 cm³/mol. The summed E-state index contributed by atoms with van der Waals surface area (Å²) in [5.41, 5.74) is 3.54. The maximum absolute atomic E-state index is 14.0. The highest BCUT2D eigenvalue weighted by molar-refractivity contribution is 9.10. The molecule has 0 radical (unpaired) electrons. The van der Waals surface area contributed by atoms with E-state index < -0.39 is 5.82 Å². The van der Waals surface area contributed by atoms with Gasteiger partial charge >= 0.3 is 0 Å². The number of ketones is 1. The summed E-state index contributed by atoms with van der Waals surface area (Å²) in [4.78, 5) is 12.5. The van der Waals surface area contributed by atoms with Gasteiger partial charge in [0.1, 0.15) is 5.82 Å². The van der Waals surface area contributed by atoms with E-state index in [0.29, 0.717) is 10.0 Å². The van der Waals surface area contributed by atoms with Crippen molar-refractivity contribution >= 4 is 21.7 Å². The van der Waals surface area contributed by atoms with Gasteiger partial charge in [0.15, 0.2) is 5.78 Å². The van der Waals surface area contributed by atoms with Crippen LogP contribution in [0.1, 0.15) is 32.6 Å². The summed E-state index contributed by atoms with van der Waals surface area (Å²) in [5, 5.41) is 0. The molecule has 0 N–H and O–H groups in total. The molecule has 2 rings (SSSR count). The second-order valence-electron chi connectivity index (χ2n) is 4.70. The van der Waals surface area contributed by atoms with Crippen molar-refractivity contribution in [2.24, 2.45) is 0 Å². The highest BCUT2D eigenvalue weighted by atomic mass is 79.9. The van der Waals surface area contributed by atoms with Crippen LogP contribution in [0, 0.1) is 26.6 Å². The van der Waals surface area contributed by atoms with Gasteiger partial charge in [-0.25, -0.2) is 4.39 Å². The van der Waals surface area contributed by atoms with Crippen LogP contribution in [0.25, 0.3) is 0 Å². The van der Waals surface area contributed by atoms with E-state index in [4.69, 9.17) is 0 Å². The van der Waals surface area contributed by atoms with Crippen molar-refractivity contribution in [2.75, 3.05) is 0 Å². The van der Waals surface area contributed by atoms with Crippen LogP contribution >= 0.6 is 15.9 Å². The lowest BCUT2D eigenvalue weighted by atomic mass is 9.93. The molecule has 0 fully saturated rings. The number of carbonyl (C=O) groups is 1. The Hall–Kier alpha value is -1.48. The van der Waals surface area contributed by atoms with Crippen LogP contribution in [0.3, 0.4) is 0 Å². The highest BCUT2D eigenvalue weighted by Gasteiger charge is 2.19. The van der Waals surface area contributed by atoms with Crippen molar-refractivity contribution in [2.45, 2.75) is 20.8 Å². The maximum atomic E-state index is 14.0. The zero-order chi connectivity index (χ0) is 14.2. The maximum Gasteiger partial charge on any atom is 0.196 e. The van der Waals surface area contributed by atoms with Gasteiger partial charge in [-0.2, -0.15) is 0 Å². The Balaban J connectivity index is 2.60. The zero-order valence-electron chi connectivity index (χ0n) is 11.1. The molecule has 1 nitrogen and oxygen atoms in total. The lowest BCUT2D eigenvalue weighted by Crippen LogP contribution is -2.09. The van der Waals surface area contributed by atoms with E-state index in [1.807, 2.05) is 32.9 Å². The van der Waals surface area contributed by atoms with Crippen LogP contribution in [0.4, 0.5) is 4.39 Å². The molecule has 0 unspecified atom stereocenters. The quantitative estimate of drug-likeness (QED) is 0.730. The van der Waals surface area contributed by atoms with Gasteiger partial charge in [0.2, 0.25) is 0 Å². The van der Waals surface area contributed by atoms with Gasteiger partial charge in [0.25, 0.3) is 0 Å². The molecule has 2 aromatic rings. The minimum Gasteiger partial charge on any atom is -0.288 e. The average molecular weight is 321 g/mol. The van der Waals surface area contributed by atoms with Gasteiger partial charge in [0, 0.05) is 5.56 Å². The topological polar surface area (TPSA) is 17.1 Å². The first kappa shape index (κ1) is 13.9. The molecule has 0 aliphatic carbocycles. The Morgan fingerprint density at radius 1 is 1.11 bits per heavy atom. The van der Waals surface area contributed by atoms with Gasteiger partial charge < -0.3 is 0 Å². The fourth-order valence-electron chi connectivity index (χ4n) is 2.35. The van der Waals surface area contributed by atoms with Crippen LogP contribution in [0.15, 0.2) is 34.8 Å². The van der Waals surface area contributed by atoms with E-state index in [9.17, 15) is 9.18 Å². The van der Waals surface area contributed by atoms with E-state index >= 15 is 0 Å². The second-order valence-corrected chi connectivity index (χ2v) is 5.56. The Morgan fingerprint density at radius 3 is 2.26 bits per heavy atom. The normalized spacial score (nSPS) is 10.6. The summed E-state index contributed by atoms with van der Waals surface area (Å²) >= 11 is 3.11. The van der Waals surface area contributed by atoms with E-state index in [1.54, 1.807) is 12.1 Å². The second kappa shape index (κ2) is 5.25. The van der Waals surface area contributed by atoms with E-state index in [0.717, 1.165) is 16.7 Å². The number of hydrogen-bond donors (Lipinski definition) is 0. The fourth-order valence-corrected chi connectivity index (χ4v) is 2.72. The molecule has 0 aromatic heterocycles. The van der Waals surface area contributed by atoms with Crippen molar-refractivity contribution in [3.05, 3.63) is 68.4 Å². The number of hydrogen-bond acceptors (Lipinski definition) is 1. The Morgan fingerprint density at radius 2 is 1.68 bits per heavy atom. The molecular weight excluding hydrogens is 307 g/mol. The molecule has 0 aliphatic heterocycles. The first-order valence-electron chi connectivity index (χ1n) is 5.98. The highest BCUT2D eigenvalue weighted by Crippen LogP contribution is 2.24. The third-order valence-corrected chi connectivity index (χ3v) is 3.71. The molecule has 0 atom stereocenters. The molecule has 0 aliphatic rings. The Bertz CT molecular complexity index is 639. The molecule has 0 bridgehead atoms. The number of carbonyl (C=O) groups excluding carboxylic acids is 1. The summed E-state index contributed by atoms with van der Waals surface area (Å²) in [6, 6.07) is 8.65. The molecular formula is C16H14BrFO. The van der Waals surface area contributed by atoms with Crippen molar-refractivity contribution in [3.63, 3.8) is 0 Å². The van der Waals surface area contributed by atoms with Crippen molar-refractivity contribution < 1.29 is 9.18 Å². The van der Waals surface area contributed by atoms with Gasteiger partial charge in [-0.15, -0.1) is 0 Å². The molecule has 19 heavy (non-hydrogen) atoms. The summed E-state index contributed by atoms with van der Waals surface area (Å²) in [6.45, 7) is 5.74. The summed E-state index contributed by atoms with van der Waals surface area (Å²) in [7, 11) is 0. The summed E-state index contributed by atoms with van der Waals surface area (Å²) in [6.07, 6.45) is 0. The predicted octanol–water partition coefficient (Wildman–Crippen LogP) is 4.74. The average Bonchev–Trinajstić information content (AvgIpc) is 2.31. The van der Waals surface area contributed by atoms with Crippen LogP contribution < -0.4 is 0 Å². The minimum atomic E-state index is -0.508. The molecule has 2 aromatic carbocycles. The first-order chi connectivity index (χ1) is 8.91. The number of halogens is 2. The largest absolute Gasteiger partial charge is 0.288 e. The molecule has 3 heteroatoms. The molecule has 98 valence electrons. The lowest BCUT2D eigenvalue weighted by Gasteiger charge is -2.11. The van der Waals surface area contributed by atoms with E-state index in [2.05, 4.69) is 15.9 Å². The smallest absolute Gasteiger partial charge is 0.196 e. The van der Waals surface area contributed by atoms with Gasteiger partial charge in [-0.3, -0.25) is 4.79 Å². The van der Waals surface area contributed by atoms with Crippen molar-refractivity contribution in [3.8, 4) is 0 Å². The Kier molecular flexibility index (Phi) is 3.85. The van der Waals surface area contributed by atoms with Crippen LogP contribution in [0.5, 0.6) is 0 Å². The van der Waals surface area contributed by atoms with Gasteiger partial charge in [0.05, 0.1) is 10.0 Å². The van der Waals surface area contributed by atoms with Crippen LogP contribution in [0.2, 0.25) is 0 Å². The number of benzene rings is 2. The van der Waals surface area contributed by atoms with Crippen LogP contribution in [-0.2, 0) is 0 Å². The monoisotopic (exact) mass is 320 g/mol. The SMILES string of the molecule is Cc1cc(C)c(C(=O)c2cccc(Br)c2F)c(C)c1. The summed E-state index contributed by atoms with van der Waals surface area (Å²) < 4.78 is 14.3. The summed E-state index contributed by atoms with van der Waals surface area (Å²) in [5.74, 6) is -0.777. The third-order valence-electron chi connectivity index (χ3n) is 3.10. The molecule has 0 saturated carbocycles. The molecule has 0 amide bonds. The van der Waals surface area contributed by atoms with Crippen molar-refractivity contribution in [1.82, 2.24) is 0 Å². The molecule has 0 saturated heterocycles. The standard InChI is InChI=1S/C16H14BrFO/c1-9-7-10(2)14(11(3)8-9)16(19)12-5-4-6-13(17)15(12)18/h4-8H,1-3H3. The van der Waals surface area contributed by atoms with E-state index in [-0.39, 0.29) is 11.3 Å². The fraction of sp³-hybridized carbons (Fsp3) is 0.188. The van der Waals surface area contributed by atoms with E-state index in [1.165, 1.54) is 6.07 Å². The van der Waals surface area contributed by atoms with Gasteiger partial charge in [-0.1, -0.05) is 23.8 Å².